The highest BCUT2D eigenvalue weighted by Gasteiger charge is 2.35. The lowest BCUT2D eigenvalue weighted by atomic mass is 9.89. The first kappa shape index (κ1) is 22.3. The number of amides is 2. The van der Waals surface area contributed by atoms with E-state index in [4.69, 9.17) is 17.0 Å². The first-order chi connectivity index (χ1) is 14.4. The largest absolute Gasteiger partial charge is 0.479 e. The van der Waals surface area contributed by atoms with Gasteiger partial charge in [-0.1, -0.05) is 56.1 Å². The van der Waals surface area contributed by atoms with Crippen LogP contribution in [-0.4, -0.2) is 38.3 Å². The molecule has 1 aliphatic heterocycles. The maximum atomic E-state index is 12.8. The van der Waals surface area contributed by atoms with Gasteiger partial charge in [-0.15, -0.1) is 0 Å². The summed E-state index contributed by atoms with van der Waals surface area (Å²) >= 11 is 6.38. The quantitative estimate of drug-likeness (QED) is 0.484. The van der Waals surface area contributed by atoms with Gasteiger partial charge in [0, 0.05) is 11.5 Å². The summed E-state index contributed by atoms with van der Waals surface area (Å²) in [4.78, 5) is 37.0. The second kappa shape index (κ2) is 10.1. The lowest BCUT2D eigenvalue weighted by Crippen LogP contribution is -2.47. The lowest BCUT2D eigenvalue weighted by Gasteiger charge is -2.23. The van der Waals surface area contributed by atoms with E-state index >= 15 is 0 Å². The molecule has 1 aromatic carbocycles. The molecule has 1 aromatic rings. The standard InChI is InChI=1S/C21H24N2O5S2/c1-2-15(20(26)27)28-16-11-7-6-10-14(16)12-17-19(25)23(21(29)30-17)22-18(24)13-8-4-3-5-9-13/h6-7,10-13,15H,2-5,8-9H2,1H3,(H,22,24)(H,26,27)/b17-12+. The van der Waals surface area contributed by atoms with Crippen LogP contribution in [0.25, 0.3) is 6.08 Å². The highest BCUT2D eigenvalue weighted by atomic mass is 32.2. The topological polar surface area (TPSA) is 95.9 Å². The van der Waals surface area contributed by atoms with Crippen LogP contribution in [0.3, 0.4) is 0 Å². The number of carboxylic acids is 1. The van der Waals surface area contributed by atoms with E-state index in [2.05, 4.69) is 5.43 Å². The van der Waals surface area contributed by atoms with Gasteiger partial charge in [-0.2, -0.15) is 5.01 Å². The van der Waals surface area contributed by atoms with Crippen molar-refractivity contribution in [2.24, 2.45) is 5.92 Å². The number of hydrazine groups is 1. The highest BCUT2D eigenvalue weighted by Crippen LogP contribution is 2.34. The smallest absolute Gasteiger partial charge is 0.344 e. The molecule has 2 aliphatic rings. The number of carbonyl (C=O) groups excluding carboxylic acids is 2. The van der Waals surface area contributed by atoms with Crippen LogP contribution in [0.5, 0.6) is 5.75 Å². The van der Waals surface area contributed by atoms with Crippen LogP contribution < -0.4 is 10.2 Å². The third kappa shape index (κ3) is 5.20. The van der Waals surface area contributed by atoms with Gasteiger partial charge in [0.1, 0.15) is 5.75 Å². The van der Waals surface area contributed by atoms with Crippen molar-refractivity contribution in [3.63, 3.8) is 0 Å². The van der Waals surface area contributed by atoms with E-state index in [0.29, 0.717) is 22.6 Å². The fourth-order valence-corrected chi connectivity index (χ4v) is 4.61. The van der Waals surface area contributed by atoms with Crippen molar-refractivity contribution in [1.82, 2.24) is 10.4 Å². The Morgan fingerprint density at radius 2 is 2.03 bits per heavy atom. The summed E-state index contributed by atoms with van der Waals surface area (Å²) in [5.74, 6) is -1.37. The Labute approximate surface area is 184 Å². The normalized spacial score (nSPS) is 19.8. The molecular weight excluding hydrogens is 424 g/mol. The molecule has 9 heteroatoms. The Balaban J connectivity index is 1.75. The number of rotatable bonds is 7. The van der Waals surface area contributed by atoms with E-state index < -0.39 is 18.0 Å². The molecule has 3 rings (SSSR count). The zero-order chi connectivity index (χ0) is 21.7. The molecule has 1 saturated heterocycles. The van der Waals surface area contributed by atoms with Gasteiger partial charge in [-0.05, 0) is 43.6 Å². The monoisotopic (exact) mass is 448 g/mol. The predicted molar refractivity (Wildman–Crippen MR) is 119 cm³/mol. The van der Waals surface area contributed by atoms with Crippen molar-refractivity contribution >= 4 is 52.2 Å². The molecule has 160 valence electrons. The third-order valence-electron chi connectivity index (χ3n) is 5.11. The van der Waals surface area contributed by atoms with Crippen LogP contribution in [0.1, 0.15) is 51.0 Å². The molecule has 0 aromatic heterocycles. The maximum absolute atomic E-state index is 12.8. The van der Waals surface area contributed by atoms with Gasteiger partial charge in [-0.3, -0.25) is 15.0 Å². The van der Waals surface area contributed by atoms with Crippen LogP contribution >= 0.6 is 24.0 Å². The molecule has 1 saturated carbocycles. The van der Waals surface area contributed by atoms with Crippen LogP contribution in [-0.2, 0) is 14.4 Å². The molecule has 30 heavy (non-hydrogen) atoms. The fraction of sp³-hybridized carbons (Fsp3) is 0.429. The molecule has 2 fully saturated rings. The van der Waals surface area contributed by atoms with E-state index in [9.17, 15) is 19.5 Å². The van der Waals surface area contributed by atoms with E-state index in [1.807, 2.05) is 0 Å². The van der Waals surface area contributed by atoms with Gasteiger partial charge >= 0.3 is 5.97 Å². The van der Waals surface area contributed by atoms with Gasteiger partial charge < -0.3 is 9.84 Å². The number of carboxylic acid groups (broad SMARTS) is 1. The average molecular weight is 449 g/mol. The number of para-hydroxylation sites is 1. The van der Waals surface area contributed by atoms with Crippen LogP contribution in [0.4, 0.5) is 0 Å². The predicted octanol–water partition coefficient (Wildman–Crippen LogP) is 3.74. The number of hydrogen-bond acceptors (Lipinski definition) is 6. The molecule has 1 heterocycles. The van der Waals surface area contributed by atoms with Crippen molar-refractivity contribution in [2.75, 3.05) is 0 Å². The summed E-state index contributed by atoms with van der Waals surface area (Å²) in [5, 5.41) is 10.4. The number of hydrogen-bond donors (Lipinski definition) is 2. The van der Waals surface area contributed by atoms with Crippen LogP contribution in [0.15, 0.2) is 29.2 Å². The van der Waals surface area contributed by atoms with E-state index in [1.54, 1.807) is 37.3 Å². The maximum Gasteiger partial charge on any atom is 0.344 e. The zero-order valence-electron chi connectivity index (χ0n) is 16.6. The minimum Gasteiger partial charge on any atom is -0.479 e. The second-order valence-corrected chi connectivity index (χ2v) is 8.89. The molecule has 1 unspecified atom stereocenters. The molecule has 1 aliphatic carbocycles. The Bertz CT molecular complexity index is 880. The number of thiocarbonyl (C=S) groups is 1. The Morgan fingerprint density at radius 3 is 2.70 bits per heavy atom. The van der Waals surface area contributed by atoms with E-state index in [0.717, 1.165) is 48.9 Å². The summed E-state index contributed by atoms with van der Waals surface area (Å²) in [7, 11) is 0. The minimum absolute atomic E-state index is 0.0940. The summed E-state index contributed by atoms with van der Waals surface area (Å²) in [6.45, 7) is 1.72. The summed E-state index contributed by atoms with van der Waals surface area (Å²) in [6, 6.07) is 6.89. The molecule has 2 N–H and O–H groups in total. The fourth-order valence-electron chi connectivity index (χ4n) is 3.44. The zero-order valence-corrected chi connectivity index (χ0v) is 18.3. The van der Waals surface area contributed by atoms with Gasteiger partial charge in [0.2, 0.25) is 5.91 Å². The summed E-state index contributed by atoms with van der Waals surface area (Å²) in [5.41, 5.74) is 3.23. The average Bonchev–Trinajstić information content (AvgIpc) is 3.00. The molecule has 1 atom stereocenters. The van der Waals surface area contributed by atoms with Gasteiger partial charge in [-0.25, -0.2) is 4.79 Å². The number of ether oxygens (including phenoxy) is 1. The molecule has 0 radical (unpaired) electrons. The van der Waals surface area contributed by atoms with Gasteiger partial charge in [0.05, 0.1) is 4.91 Å². The number of nitrogens with zero attached hydrogens (tertiary/aromatic N) is 1. The Hall–Kier alpha value is -2.39. The van der Waals surface area contributed by atoms with Crippen molar-refractivity contribution in [1.29, 1.82) is 0 Å². The number of nitrogens with one attached hydrogen (secondary N) is 1. The van der Waals surface area contributed by atoms with Crippen molar-refractivity contribution in [3.05, 3.63) is 34.7 Å². The van der Waals surface area contributed by atoms with Crippen LogP contribution in [0, 0.1) is 5.92 Å². The lowest BCUT2D eigenvalue weighted by molar-refractivity contribution is -0.145. The van der Waals surface area contributed by atoms with Gasteiger partial charge in [0.15, 0.2) is 10.4 Å². The Morgan fingerprint density at radius 1 is 1.33 bits per heavy atom. The molecule has 2 amide bonds. The van der Waals surface area contributed by atoms with Crippen molar-refractivity contribution in [3.8, 4) is 5.75 Å². The first-order valence-electron chi connectivity index (χ1n) is 9.97. The van der Waals surface area contributed by atoms with E-state index in [-0.39, 0.29) is 16.1 Å². The molecule has 7 nitrogen and oxygen atoms in total. The molecular formula is C21H24N2O5S2. The van der Waals surface area contributed by atoms with Crippen molar-refractivity contribution in [2.45, 2.75) is 51.6 Å². The van der Waals surface area contributed by atoms with Crippen molar-refractivity contribution < 1.29 is 24.2 Å². The van der Waals surface area contributed by atoms with E-state index in [1.165, 1.54) is 0 Å². The SMILES string of the molecule is CCC(Oc1ccccc1/C=C1/SC(=S)N(NC(=O)C2CCCCC2)C1=O)C(=O)O. The minimum atomic E-state index is -1.05. The number of aliphatic carboxylic acids is 1. The highest BCUT2D eigenvalue weighted by molar-refractivity contribution is 8.26. The van der Waals surface area contributed by atoms with Gasteiger partial charge in [0.25, 0.3) is 5.91 Å². The Kier molecular flexibility index (Phi) is 7.49. The first-order valence-corrected chi connectivity index (χ1v) is 11.2. The number of benzene rings is 1. The number of carbonyl (C=O) groups is 3. The molecule has 0 spiro atoms. The molecule has 0 bridgehead atoms. The summed E-state index contributed by atoms with van der Waals surface area (Å²) in [6.07, 6.45) is 5.74. The summed E-state index contributed by atoms with van der Waals surface area (Å²) < 4.78 is 5.87. The second-order valence-electron chi connectivity index (χ2n) is 7.22. The third-order valence-corrected chi connectivity index (χ3v) is 6.41. The van der Waals surface area contributed by atoms with Crippen LogP contribution in [0.2, 0.25) is 0 Å². The number of thioether (sulfide) groups is 1.